The molecule has 1 saturated heterocycles. The van der Waals surface area contributed by atoms with Crippen LogP contribution in [0.2, 0.25) is 0 Å². The molecule has 1 aliphatic heterocycles. The van der Waals surface area contributed by atoms with Gasteiger partial charge in [-0.05, 0) is 55.5 Å². The monoisotopic (exact) mass is 486 g/mol. The summed E-state index contributed by atoms with van der Waals surface area (Å²) >= 11 is 3.42. The lowest BCUT2D eigenvalue weighted by Crippen LogP contribution is -2.56. The number of carbonyl (C=O) groups excluding carboxylic acids is 3. The van der Waals surface area contributed by atoms with Crippen molar-refractivity contribution >= 4 is 33.8 Å². The maximum absolute atomic E-state index is 12.8. The lowest BCUT2D eigenvalue weighted by molar-refractivity contribution is -0.133. The zero-order valence-corrected chi connectivity index (χ0v) is 18.4. The summed E-state index contributed by atoms with van der Waals surface area (Å²) in [5.74, 6) is -0.534. The van der Waals surface area contributed by atoms with Gasteiger partial charge in [-0.1, -0.05) is 28.1 Å². The van der Waals surface area contributed by atoms with E-state index in [1.807, 2.05) is 24.3 Å². The van der Waals surface area contributed by atoms with E-state index in [-0.39, 0.29) is 48.0 Å². The number of aromatic nitrogens is 1. The minimum absolute atomic E-state index is 0.151. The topological polar surface area (TPSA) is 115 Å². The van der Waals surface area contributed by atoms with Gasteiger partial charge in [-0.15, -0.1) is 0 Å². The van der Waals surface area contributed by atoms with E-state index in [9.17, 15) is 14.4 Å². The summed E-state index contributed by atoms with van der Waals surface area (Å²) < 4.78 is 6.81. The Morgan fingerprint density at radius 1 is 1.16 bits per heavy atom. The van der Waals surface area contributed by atoms with Gasteiger partial charge in [0.05, 0.1) is 12.5 Å². The third kappa shape index (κ3) is 4.71. The zero-order chi connectivity index (χ0) is 22.0. The smallest absolute Gasteiger partial charge is 0.324 e. The number of amides is 4. The maximum atomic E-state index is 12.8. The number of primary amides is 1. The molecule has 0 spiro atoms. The van der Waals surface area contributed by atoms with E-state index >= 15 is 0 Å². The summed E-state index contributed by atoms with van der Waals surface area (Å²) in [6.07, 6.45) is 4.17. The molecule has 2 heterocycles. The number of nitrogens with two attached hydrogens (primary N) is 1. The third-order valence-electron chi connectivity index (χ3n) is 5.74. The van der Waals surface area contributed by atoms with E-state index < -0.39 is 5.91 Å². The molecule has 0 bridgehead atoms. The van der Waals surface area contributed by atoms with Gasteiger partial charge in [0, 0.05) is 16.7 Å². The van der Waals surface area contributed by atoms with E-state index in [2.05, 4.69) is 26.2 Å². The Kier molecular flexibility index (Phi) is 6.22. The highest BCUT2D eigenvalue weighted by molar-refractivity contribution is 9.10. The second-order valence-electron chi connectivity index (χ2n) is 7.79. The summed E-state index contributed by atoms with van der Waals surface area (Å²) in [7, 11) is 0. The number of urea groups is 1. The number of nitrogens with one attached hydrogen (secondary N) is 1. The Morgan fingerprint density at radius 2 is 1.94 bits per heavy atom. The van der Waals surface area contributed by atoms with E-state index in [1.165, 1.54) is 4.90 Å². The number of ether oxygens (including phenoxy) is 1. The quantitative estimate of drug-likeness (QED) is 0.672. The molecule has 1 saturated carbocycles. The standard InChI is InChI=1S/C22H23BrN4O4/c23-14-4-1-3-13(11-14)18-12-19(28)27(22(30)26-18)15-6-8-16(9-7-15)31-21-17(20(24)29)5-2-10-25-21/h1-5,10-11,15-16,18H,6-9,12H2,(H2,24,29)(H,26,30)/t15-,16-,18-/m1/s1. The van der Waals surface area contributed by atoms with Gasteiger partial charge in [0.1, 0.15) is 11.7 Å². The number of nitrogens with zero attached hydrogens (tertiary/aromatic N) is 2. The number of hydrogen-bond donors (Lipinski definition) is 2. The third-order valence-corrected chi connectivity index (χ3v) is 6.23. The molecule has 1 aromatic carbocycles. The molecule has 4 amide bonds. The van der Waals surface area contributed by atoms with Crippen molar-refractivity contribution in [3.63, 3.8) is 0 Å². The Balaban J connectivity index is 1.36. The summed E-state index contributed by atoms with van der Waals surface area (Å²) in [5, 5.41) is 2.96. The van der Waals surface area contributed by atoms with Gasteiger partial charge < -0.3 is 15.8 Å². The van der Waals surface area contributed by atoms with Gasteiger partial charge >= 0.3 is 6.03 Å². The van der Waals surface area contributed by atoms with Crippen LogP contribution in [0.25, 0.3) is 0 Å². The van der Waals surface area contributed by atoms with Crippen LogP contribution < -0.4 is 15.8 Å². The van der Waals surface area contributed by atoms with Crippen molar-refractivity contribution < 1.29 is 19.1 Å². The van der Waals surface area contributed by atoms with E-state index in [1.54, 1.807) is 18.3 Å². The van der Waals surface area contributed by atoms with Crippen molar-refractivity contribution in [1.82, 2.24) is 15.2 Å². The zero-order valence-electron chi connectivity index (χ0n) is 16.8. The average molecular weight is 487 g/mol. The minimum atomic E-state index is -0.590. The molecule has 1 aromatic heterocycles. The number of pyridine rings is 1. The van der Waals surface area contributed by atoms with Gasteiger partial charge in [0.2, 0.25) is 11.8 Å². The van der Waals surface area contributed by atoms with Crippen LogP contribution in [0.4, 0.5) is 4.79 Å². The second-order valence-corrected chi connectivity index (χ2v) is 8.71. The molecular formula is C22H23BrN4O4. The first kappa shape index (κ1) is 21.3. The van der Waals surface area contributed by atoms with Gasteiger partial charge in [-0.25, -0.2) is 9.78 Å². The number of carbonyl (C=O) groups is 3. The van der Waals surface area contributed by atoms with Gasteiger partial charge in [0.15, 0.2) is 0 Å². The number of imide groups is 1. The highest BCUT2D eigenvalue weighted by Crippen LogP contribution is 2.31. The van der Waals surface area contributed by atoms with E-state index in [4.69, 9.17) is 10.5 Å². The predicted octanol–water partition coefficient (Wildman–Crippen LogP) is 3.32. The summed E-state index contributed by atoms with van der Waals surface area (Å²) in [6.45, 7) is 0. The van der Waals surface area contributed by atoms with Crippen molar-refractivity contribution in [2.75, 3.05) is 0 Å². The van der Waals surface area contributed by atoms with E-state index in [0.29, 0.717) is 25.7 Å². The first-order valence-corrected chi connectivity index (χ1v) is 11.0. The maximum Gasteiger partial charge on any atom is 0.324 e. The molecule has 2 fully saturated rings. The summed E-state index contributed by atoms with van der Waals surface area (Å²) in [6, 6.07) is 9.95. The first-order valence-electron chi connectivity index (χ1n) is 10.2. The van der Waals surface area contributed by atoms with Crippen LogP contribution in [0.5, 0.6) is 5.88 Å². The molecule has 3 N–H and O–H groups in total. The van der Waals surface area contributed by atoms with Crippen LogP contribution in [0, 0.1) is 0 Å². The second kappa shape index (κ2) is 9.05. The molecular weight excluding hydrogens is 464 g/mol. The van der Waals surface area contributed by atoms with Crippen molar-refractivity contribution in [3.05, 3.63) is 58.2 Å². The minimum Gasteiger partial charge on any atom is -0.474 e. The van der Waals surface area contributed by atoms with Crippen molar-refractivity contribution in [2.45, 2.75) is 50.3 Å². The molecule has 4 rings (SSSR count). The Morgan fingerprint density at radius 3 is 2.61 bits per heavy atom. The van der Waals surface area contributed by atoms with Crippen molar-refractivity contribution in [3.8, 4) is 5.88 Å². The molecule has 162 valence electrons. The average Bonchev–Trinajstić information content (AvgIpc) is 2.74. The lowest BCUT2D eigenvalue weighted by Gasteiger charge is -2.39. The predicted molar refractivity (Wildman–Crippen MR) is 116 cm³/mol. The van der Waals surface area contributed by atoms with Crippen LogP contribution in [0.15, 0.2) is 47.1 Å². The Hall–Kier alpha value is -2.94. The normalized spacial score (nSPS) is 23.9. The first-order chi connectivity index (χ1) is 14.9. The molecule has 9 heteroatoms. The highest BCUT2D eigenvalue weighted by Gasteiger charge is 2.39. The number of halogens is 1. The molecule has 0 unspecified atom stereocenters. The number of rotatable bonds is 5. The molecule has 31 heavy (non-hydrogen) atoms. The molecule has 2 aromatic rings. The molecule has 1 aliphatic carbocycles. The van der Waals surface area contributed by atoms with Crippen LogP contribution in [0.3, 0.4) is 0 Å². The highest BCUT2D eigenvalue weighted by atomic mass is 79.9. The number of hydrogen-bond acceptors (Lipinski definition) is 5. The summed E-state index contributed by atoms with van der Waals surface area (Å²) in [4.78, 5) is 42.6. The summed E-state index contributed by atoms with van der Waals surface area (Å²) in [5.41, 5.74) is 6.52. The molecule has 0 radical (unpaired) electrons. The van der Waals surface area contributed by atoms with Gasteiger partial charge in [-0.2, -0.15) is 0 Å². The fourth-order valence-electron chi connectivity index (χ4n) is 4.20. The molecule has 1 atom stereocenters. The fourth-order valence-corrected chi connectivity index (χ4v) is 4.62. The largest absolute Gasteiger partial charge is 0.474 e. The van der Waals surface area contributed by atoms with Crippen LogP contribution in [0.1, 0.15) is 54.1 Å². The van der Waals surface area contributed by atoms with Crippen molar-refractivity contribution in [2.24, 2.45) is 5.73 Å². The van der Waals surface area contributed by atoms with Crippen LogP contribution in [-0.4, -0.2) is 39.9 Å². The lowest BCUT2D eigenvalue weighted by atomic mass is 9.90. The SMILES string of the molecule is NC(=O)c1cccnc1O[C@H]1CC[C@H](N2C(=O)C[C@H](c3cccc(Br)c3)NC2=O)CC1. The Bertz CT molecular complexity index is 989. The van der Waals surface area contributed by atoms with Gasteiger partial charge in [0.25, 0.3) is 5.91 Å². The van der Waals surface area contributed by atoms with Crippen LogP contribution in [-0.2, 0) is 4.79 Å². The fraction of sp³-hybridized carbons (Fsp3) is 0.364. The molecule has 2 aliphatic rings. The van der Waals surface area contributed by atoms with Crippen LogP contribution >= 0.6 is 15.9 Å². The van der Waals surface area contributed by atoms with Gasteiger partial charge in [-0.3, -0.25) is 14.5 Å². The number of benzene rings is 1. The molecule has 8 nitrogen and oxygen atoms in total. The van der Waals surface area contributed by atoms with Crippen molar-refractivity contribution in [1.29, 1.82) is 0 Å². The van der Waals surface area contributed by atoms with E-state index in [0.717, 1.165) is 10.0 Å². The Labute approximate surface area is 188 Å².